The van der Waals surface area contributed by atoms with E-state index in [0.29, 0.717) is 23.1 Å². The number of benzene rings is 2. The SMILES string of the molecule is Cc1nn(-c2nc3ccccc3s2)c2c1[C@@H](c1ccc(OCC(N)=O)cc1)CC(=O)N2. The molecule has 2 aromatic heterocycles. The molecule has 0 saturated heterocycles. The molecule has 31 heavy (non-hydrogen) atoms. The van der Waals surface area contributed by atoms with Crippen molar-refractivity contribution in [3.63, 3.8) is 0 Å². The standard InChI is InChI=1S/C22H19N5O3S/c1-12-20-15(13-6-8-14(9-7-13)30-11-18(23)28)10-19(29)25-21(20)27(26-12)22-24-16-4-2-3-5-17(16)31-22/h2-9,15H,10-11H2,1H3,(H2,23,28)(H,25,29)/t15-/m1/s1. The normalized spacial score (nSPS) is 15.5. The lowest BCUT2D eigenvalue weighted by Crippen LogP contribution is -2.25. The lowest BCUT2D eigenvalue weighted by atomic mass is 9.86. The summed E-state index contributed by atoms with van der Waals surface area (Å²) in [5.74, 6) is 0.457. The molecule has 9 heteroatoms. The third-order valence-corrected chi connectivity index (χ3v) is 6.24. The molecule has 4 aromatic rings. The minimum absolute atomic E-state index is 0.0752. The Bertz CT molecular complexity index is 1280. The quantitative estimate of drug-likeness (QED) is 0.502. The number of carbonyl (C=O) groups excluding carboxylic acids is 2. The van der Waals surface area contributed by atoms with Crippen LogP contribution < -0.4 is 15.8 Å². The van der Waals surface area contributed by atoms with Crippen LogP contribution in [0.3, 0.4) is 0 Å². The molecule has 3 N–H and O–H groups in total. The number of hydrogen-bond acceptors (Lipinski definition) is 6. The molecule has 5 rings (SSSR count). The molecule has 0 spiro atoms. The van der Waals surface area contributed by atoms with Crippen LogP contribution in [0, 0.1) is 6.92 Å². The zero-order chi connectivity index (χ0) is 21.5. The highest BCUT2D eigenvalue weighted by atomic mass is 32.1. The van der Waals surface area contributed by atoms with E-state index in [4.69, 9.17) is 15.6 Å². The highest BCUT2D eigenvalue weighted by molar-refractivity contribution is 7.20. The van der Waals surface area contributed by atoms with Crippen LogP contribution in [0.4, 0.5) is 5.82 Å². The lowest BCUT2D eigenvalue weighted by molar-refractivity contribution is -0.120. The van der Waals surface area contributed by atoms with Crippen LogP contribution in [0.15, 0.2) is 48.5 Å². The monoisotopic (exact) mass is 433 g/mol. The van der Waals surface area contributed by atoms with Gasteiger partial charge in [0.1, 0.15) is 11.6 Å². The zero-order valence-corrected chi connectivity index (χ0v) is 17.5. The molecular weight excluding hydrogens is 414 g/mol. The van der Waals surface area contributed by atoms with Gasteiger partial charge in [-0.25, -0.2) is 4.98 Å². The van der Waals surface area contributed by atoms with Crippen molar-refractivity contribution < 1.29 is 14.3 Å². The molecule has 8 nitrogen and oxygen atoms in total. The summed E-state index contributed by atoms with van der Waals surface area (Å²) in [6, 6.07) is 15.3. The van der Waals surface area contributed by atoms with E-state index in [-0.39, 0.29) is 18.4 Å². The number of primary amides is 1. The summed E-state index contributed by atoms with van der Waals surface area (Å²) in [7, 11) is 0. The van der Waals surface area contributed by atoms with E-state index in [2.05, 4.69) is 10.3 Å². The number of carbonyl (C=O) groups is 2. The van der Waals surface area contributed by atoms with Crippen molar-refractivity contribution >= 4 is 39.2 Å². The van der Waals surface area contributed by atoms with Crippen LogP contribution in [0.25, 0.3) is 15.3 Å². The average molecular weight is 433 g/mol. The maximum Gasteiger partial charge on any atom is 0.255 e. The molecule has 1 atom stereocenters. The summed E-state index contributed by atoms with van der Waals surface area (Å²) < 4.78 is 8.12. The molecule has 0 bridgehead atoms. The zero-order valence-electron chi connectivity index (χ0n) is 16.7. The van der Waals surface area contributed by atoms with Gasteiger partial charge in [0.2, 0.25) is 11.0 Å². The number of aromatic nitrogens is 3. The number of nitrogens with one attached hydrogen (secondary N) is 1. The third-order valence-electron chi connectivity index (χ3n) is 5.23. The number of rotatable bonds is 5. The number of aryl methyl sites for hydroxylation is 1. The Balaban J connectivity index is 1.53. The predicted octanol–water partition coefficient (Wildman–Crippen LogP) is 3.13. The first-order valence-electron chi connectivity index (χ1n) is 9.76. The molecule has 156 valence electrons. The number of ether oxygens (including phenoxy) is 1. The van der Waals surface area contributed by atoms with Gasteiger partial charge in [0.25, 0.3) is 5.91 Å². The Kier molecular flexibility index (Phi) is 4.67. The van der Waals surface area contributed by atoms with E-state index >= 15 is 0 Å². The molecule has 1 aliphatic rings. The van der Waals surface area contributed by atoms with E-state index in [9.17, 15) is 9.59 Å². The van der Waals surface area contributed by atoms with Gasteiger partial charge in [-0.2, -0.15) is 9.78 Å². The Morgan fingerprint density at radius 3 is 2.77 bits per heavy atom. The highest BCUT2D eigenvalue weighted by Gasteiger charge is 2.33. The van der Waals surface area contributed by atoms with Crippen molar-refractivity contribution in [3.8, 4) is 10.9 Å². The summed E-state index contributed by atoms with van der Waals surface area (Å²) >= 11 is 1.53. The third kappa shape index (κ3) is 3.53. The molecule has 3 heterocycles. The minimum Gasteiger partial charge on any atom is -0.484 e. The first-order chi connectivity index (χ1) is 15.0. The topological polar surface area (TPSA) is 112 Å². The molecule has 2 aromatic carbocycles. The van der Waals surface area contributed by atoms with Gasteiger partial charge in [0.15, 0.2) is 6.61 Å². The fourth-order valence-corrected chi connectivity index (χ4v) is 4.80. The minimum atomic E-state index is -0.532. The van der Waals surface area contributed by atoms with E-state index in [1.54, 1.807) is 16.8 Å². The number of hydrogen-bond donors (Lipinski definition) is 2. The van der Waals surface area contributed by atoms with Crippen molar-refractivity contribution in [1.82, 2.24) is 14.8 Å². The van der Waals surface area contributed by atoms with Gasteiger partial charge in [-0.05, 0) is 36.8 Å². The second kappa shape index (κ2) is 7.51. The summed E-state index contributed by atoms with van der Waals surface area (Å²) in [6.07, 6.45) is 0.320. The van der Waals surface area contributed by atoms with Crippen LogP contribution >= 0.6 is 11.3 Å². The highest BCUT2D eigenvalue weighted by Crippen LogP contribution is 2.41. The van der Waals surface area contributed by atoms with E-state index < -0.39 is 5.91 Å². The van der Waals surface area contributed by atoms with Crippen LogP contribution in [-0.4, -0.2) is 33.2 Å². The van der Waals surface area contributed by atoms with Gasteiger partial charge in [0.05, 0.1) is 15.9 Å². The Hall–Kier alpha value is -3.72. The number of thiazole rings is 1. The number of anilines is 1. The largest absolute Gasteiger partial charge is 0.484 e. The van der Waals surface area contributed by atoms with Gasteiger partial charge < -0.3 is 15.8 Å². The number of fused-ring (bicyclic) bond motifs is 2. The Morgan fingerprint density at radius 2 is 2.03 bits per heavy atom. The van der Waals surface area contributed by atoms with Crippen molar-refractivity contribution in [2.45, 2.75) is 19.3 Å². The van der Waals surface area contributed by atoms with Gasteiger partial charge in [0, 0.05) is 17.9 Å². The van der Waals surface area contributed by atoms with Crippen LogP contribution in [0.5, 0.6) is 5.75 Å². The molecule has 0 aliphatic carbocycles. The lowest BCUT2D eigenvalue weighted by Gasteiger charge is -2.24. The van der Waals surface area contributed by atoms with Crippen LogP contribution in [-0.2, 0) is 9.59 Å². The van der Waals surface area contributed by atoms with Crippen LogP contribution in [0.2, 0.25) is 0 Å². The molecular formula is C22H19N5O3S. The smallest absolute Gasteiger partial charge is 0.255 e. The van der Waals surface area contributed by atoms with E-state index in [0.717, 1.165) is 27.0 Å². The Morgan fingerprint density at radius 1 is 1.26 bits per heavy atom. The molecule has 0 radical (unpaired) electrons. The molecule has 0 fully saturated rings. The van der Waals surface area contributed by atoms with Crippen molar-refractivity contribution in [2.24, 2.45) is 5.73 Å². The maximum absolute atomic E-state index is 12.6. The number of para-hydroxylation sites is 1. The summed E-state index contributed by atoms with van der Waals surface area (Å²) in [5.41, 5.74) is 8.81. The Labute approximate surface area is 181 Å². The van der Waals surface area contributed by atoms with Crippen molar-refractivity contribution in [2.75, 3.05) is 11.9 Å². The van der Waals surface area contributed by atoms with Crippen LogP contribution in [0.1, 0.15) is 29.2 Å². The second-order valence-electron chi connectivity index (χ2n) is 7.35. The first kappa shape index (κ1) is 19.3. The molecule has 1 aliphatic heterocycles. The fraction of sp³-hybridized carbons (Fsp3) is 0.182. The van der Waals surface area contributed by atoms with Gasteiger partial charge >= 0.3 is 0 Å². The average Bonchev–Trinajstić information content (AvgIpc) is 3.33. The predicted molar refractivity (Wildman–Crippen MR) is 118 cm³/mol. The summed E-state index contributed by atoms with van der Waals surface area (Å²) in [6.45, 7) is 1.76. The maximum atomic E-state index is 12.6. The van der Waals surface area contributed by atoms with E-state index in [1.165, 1.54) is 11.3 Å². The van der Waals surface area contributed by atoms with Gasteiger partial charge in [-0.15, -0.1) is 0 Å². The molecule has 2 amide bonds. The van der Waals surface area contributed by atoms with Gasteiger partial charge in [-0.1, -0.05) is 35.6 Å². The molecule has 0 unspecified atom stereocenters. The summed E-state index contributed by atoms with van der Waals surface area (Å²) in [5, 5.41) is 8.41. The van der Waals surface area contributed by atoms with Crippen molar-refractivity contribution in [3.05, 3.63) is 65.4 Å². The second-order valence-corrected chi connectivity index (χ2v) is 8.36. The van der Waals surface area contributed by atoms with Gasteiger partial charge in [-0.3, -0.25) is 9.59 Å². The molecule has 0 saturated carbocycles. The summed E-state index contributed by atoms with van der Waals surface area (Å²) in [4.78, 5) is 28.2. The van der Waals surface area contributed by atoms with E-state index in [1.807, 2.05) is 43.3 Å². The fourth-order valence-electron chi connectivity index (χ4n) is 3.87. The van der Waals surface area contributed by atoms with Crippen molar-refractivity contribution in [1.29, 1.82) is 0 Å². The number of amides is 2. The number of nitrogens with two attached hydrogens (primary N) is 1. The number of nitrogens with zero attached hydrogens (tertiary/aromatic N) is 3. The first-order valence-corrected chi connectivity index (χ1v) is 10.6.